The molecule has 0 aliphatic rings. The van der Waals surface area contributed by atoms with Crippen molar-refractivity contribution in [1.29, 1.82) is 0 Å². The molecule has 5 amide bonds. The Morgan fingerprint density at radius 1 is 0.949 bits per heavy atom. The van der Waals surface area contributed by atoms with Gasteiger partial charge >= 0.3 is 12.0 Å². The standard InChI is InChI=1S/C25H40N6O8/c1-16(2)22(31-21(33)10-12-37-13-14-39-27)24(35)30-20(5-4-11-28-25(26)36)23(34)29-19-8-6-18(7-9-19)15-38-17(3)32/h6-9,16,20,22H,4-5,10-15,27H2,1-3H3,(H,29,34)(H,30,35)(H,31,33)(H3,26,28,36)/t20-,22-/m0/s1. The van der Waals surface area contributed by atoms with Crippen LogP contribution in [0.3, 0.4) is 0 Å². The minimum Gasteiger partial charge on any atom is -0.461 e. The molecule has 39 heavy (non-hydrogen) atoms. The van der Waals surface area contributed by atoms with Crippen LogP contribution in [0.25, 0.3) is 0 Å². The fourth-order valence-corrected chi connectivity index (χ4v) is 3.30. The van der Waals surface area contributed by atoms with Crippen molar-refractivity contribution in [3.63, 3.8) is 0 Å². The van der Waals surface area contributed by atoms with Crippen LogP contribution in [0.4, 0.5) is 10.5 Å². The second-order valence-corrected chi connectivity index (χ2v) is 8.98. The van der Waals surface area contributed by atoms with Crippen molar-refractivity contribution in [3.05, 3.63) is 29.8 Å². The van der Waals surface area contributed by atoms with E-state index in [1.807, 2.05) is 0 Å². The van der Waals surface area contributed by atoms with Crippen molar-refractivity contribution in [2.75, 3.05) is 31.7 Å². The Balaban J connectivity index is 2.83. The lowest BCUT2D eigenvalue weighted by Crippen LogP contribution is -2.54. The molecular formula is C25H40N6O8. The molecule has 0 heterocycles. The van der Waals surface area contributed by atoms with Gasteiger partial charge in [-0.1, -0.05) is 26.0 Å². The summed E-state index contributed by atoms with van der Waals surface area (Å²) in [4.78, 5) is 64.9. The molecule has 218 valence electrons. The Labute approximate surface area is 227 Å². The Hall–Kier alpha value is -3.75. The summed E-state index contributed by atoms with van der Waals surface area (Å²) < 4.78 is 10.2. The maximum absolute atomic E-state index is 13.1. The molecule has 0 saturated carbocycles. The van der Waals surface area contributed by atoms with Crippen molar-refractivity contribution in [2.45, 2.75) is 58.7 Å². The van der Waals surface area contributed by atoms with E-state index in [2.05, 4.69) is 26.1 Å². The molecule has 1 aromatic rings. The lowest BCUT2D eigenvalue weighted by molar-refractivity contribution is -0.142. The molecule has 14 nitrogen and oxygen atoms in total. The number of rotatable bonds is 18. The fraction of sp³-hybridized carbons (Fsp3) is 0.560. The molecule has 0 aliphatic heterocycles. The molecule has 0 bridgehead atoms. The molecule has 0 saturated heterocycles. The van der Waals surface area contributed by atoms with Crippen LogP contribution in [0.2, 0.25) is 0 Å². The van der Waals surface area contributed by atoms with Gasteiger partial charge in [-0.05, 0) is 36.5 Å². The van der Waals surface area contributed by atoms with Crippen LogP contribution in [-0.4, -0.2) is 68.2 Å². The average molecular weight is 553 g/mol. The highest BCUT2D eigenvalue weighted by Crippen LogP contribution is 2.13. The topological polar surface area (TPSA) is 213 Å². The first-order valence-corrected chi connectivity index (χ1v) is 12.6. The van der Waals surface area contributed by atoms with Gasteiger partial charge in [0.15, 0.2) is 0 Å². The lowest BCUT2D eigenvalue weighted by Gasteiger charge is -2.25. The van der Waals surface area contributed by atoms with E-state index >= 15 is 0 Å². The third kappa shape index (κ3) is 14.7. The number of esters is 1. The zero-order valence-electron chi connectivity index (χ0n) is 22.6. The van der Waals surface area contributed by atoms with E-state index in [0.29, 0.717) is 12.1 Å². The Bertz CT molecular complexity index is 941. The van der Waals surface area contributed by atoms with E-state index < -0.39 is 41.8 Å². The average Bonchev–Trinajstić information content (AvgIpc) is 2.87. The van der Waals surface area contributed by atoms with Crippen molar-refractivity contribution < 1.29 is 38.3 Å². The minimum atomic E-state index is -0.967. The summed E-state index contributed by atoms with van der Waals surface area (Å²) in [5, 5.41) is 10.6. The van der Waals surface area contributed by atoms with Crippen LogP contribution in [0.5, 0.6) is 0 Å². The molecule has 0 spiro atoms. The third-order valence-electron chi connectivity index (χ3n) is 5.35. The van der Waals surface area contributed by atoms with Gasteiger partial charge in [-0.25, -0.2) is 10.7 Å². The number of nitrogens with two attached hydrogens (primary N) is 2. The van der Waals surface area contributed by atoms with E-state index in [9.17, 15) is 24.0 Å². The number of carbonyl (C=O) groups is 5. The number of nitrogens with one attached hydrogen (secondary N) is 4. The molecule has 1 rings (SSSR count). The van der Waals surface area contributed by atoms with Gasteiger partial charge in [0.05, 0.1) is 19.8 Å². The molecule has 0 aliphatic carbocycles. The van der Waals surface area contributed by atoms with Crippen LogP contribution < -0.4 is 32.9 Å². The number of hydrogen-bond donors (Lipinski definition) is 6. The Morgan fingerprint density at radius 2 is 1.64 bits per heavy atom. The molecular weight excluding hydrogens is 512 g/mol. The van der Waals surface area contributed by atoms with Crippen molar-refractivity contribution in [1.82, 2.24) is 16.0 Å². The van der Waals surface area contributed by atoms with E-state index in [4.69, 9.17) is 21.1 Å². The van der Waals surface area contributed by atoms with E-state index in [1.165, 1.54) is 6.92 Å². The smallest absolute Gasteiger partial charge is 0.312 e. The quantitative estimate of drug-likeness (QED) is 0.0824. The summed E-state index contributed by atoms with van der Waals surface area (Å²) in [5.74, 6) is 2.83. The highest BCUT2D eigenvalue weighted by molar-refractivity contribution is 5.98. The van der Waals surface area contributed by atoms with Gasteiger partial charge < -0.3 is 41.3 Å². The monoisotopic (exact) mass is 552 g/mol. The van der Waals surface area contributed by atoms with Crippen LogP contribution >= 0.6 is 0 Å². The number of benzene rings is 1. The SMILES string of the molecule is CC(=O)OCc1ccc(NC(=O)[C@H](CCCNC(N)=O)NC(=O)[C@@H](NC(=O)CCOCCON)C(C)C)cc1. The number of amides is 5. The second-order valence-electron chi connectivity index (χ2n) is 8.98. The summed E-state index contributed by atoms with van der Waals surface area (Å²) in [7, 11) is 0. The van der Waals surface area contributed by atoms with Crippen molar-refractivity contribution in [2.24, 2.45) is 17.5 Å². The summed E-state index contributed by atoms with van der Waals surface area (Å²) in [6.07, 6.45) is 0.570. The van der Waals surface area contributed by atoms with E-state index in [1.54, 1.807) is 38.1 Å². The van der Waals surface area contributed by atoms with Gasteiger partial charge in [0.1, 0.15) is 18.7 Å². The first-order valence-electron chi connectivity index (χ1n) is 12.6. The predicted molar refractivity (Wildman–Crippen MR) is 142 cm³/mol. The largest absolute Gasteiger partial charge is 0.461 e. The Kier molecular flexibility index (Phi) is 15.8. The summed E-state index contributed by atoms with van der Waals surface area (Å²) in [6, 6.07) is 4.11. The van der Waals surface area contributed by atoms with E-state index in [-0.39, 0.29) is 51.7 Å². The van der Waals surface area contributed by atoms with Gasteiger partial charge in [0, 0.05) is 25.6 Å². The maximum atomic E-state index is 13.1. The highest BCUT2D eigenvalue weighted by atomic mass is 16.6. The molecule has 0 aromatic heterocycles. The molecule has 8 N–H and O–H groups in total. The first-order chi connectivity index (χ1) is 18.5. The first kappa shape index (κ1) is 33.3. The zero-order valence-corrected chi connectivity index (χ0v) is 22.6. The maximum Gasteiger partial charge on any atom is 0.312 e. The Morgan fingerprint density at radius 3 is 2.23 bits per heavy atom. The summed E-state index contributed by atoms with van der Waals surface area (Å²) in [6.45, 7) is 5.70. The molecule has 0 fully saturated rings. The van der Waals surface area contributed by atoms with Gasteiger partial charge in [-0.2, -0.15) is 0 Å². The minimum absolute atomic E-state index is 0.0250. The number of anilines is 1. The summed E-state index contributed by atoms with van der Waals surface area (Å²) >= 11 is 0. The van der Waals surface area contributed by atoms with Gasteiger partial charge in [0.2, 0.25) is 17.7 Å². The normalized spacial score (nSPS) is 12.2. The van der Waals surface area contributed by atoms with Crippen LogP contribution in [-0.2, 0) is 40.1 Å². The van der Waals surface area contributed by atoms with Crippen LogP contribution in [0.15, 0.2) is 24.3 Å². The molecule has 0 unspecified atom stereocenters. The van der Waals surface area contributed by atoms with Gasteiger partial charge in [-0.3, -0.25) is 19.2 Å². The summed E-state index contributed by atoms with van der Waals surface area (Å²) in [5.41, 5.74) is 6.30. The predicted octanol–water partition coefficient (Wildman–Crippen LogP) is 0.0593. The highest BCUT2D eigenvalue weighted by Gasteiger charge is 2.28. The van der Waals surface area contributed by atoms with Crippen LogP contribution in [0.1, 0.15) is 45.6 Å². The lowest BCUT2D eigenvalue weighted by atomic mass is 10.0. The number of carbonyl (C=O) groups excluding carboxylic acids is 5. The molecule has 2 atom stereocenters. The number of hydrogen-bond acceptors (Lipinski definition) is 9. The van der Waals surface area contributed by atoms with Crippen molar-refractivity contribution >= 4 is 35.4 Å². The molecule has 1 aromatic carbocycles. The third-order valence-corrected chi connectivity index (χ3v) is 5.35. The molecule has 14 heteroatoms. The second kappa shape index (κ2) is 18.5. The van der Waals surface area contributed by atoms with Gasteiger partial charge in [-0.15, -0.1) is 0 Å². The van der Waals surface area contributed by atoms with E-state index in [0.717, 1.165) is 5.56 Å². The zero-order chi connectivity index (χ0) is 29.2. The number of primary amides is 1. The molecule has 0 radical (unpaired) electrons. The fourth-order valence-electron chi connectivity index (χ4n) is 3.30. The number of ether oxygens (including phenoxy) is 2. The van der Waals surface area contributed by atoms with Gasteiger partial charge in [0.25, 0.3) is 0 Å². The van der Waals surface area contributed by atoms with Crippen LogP contribution in [0, 0.1) is 5.92 Å². The number of urea groups is 1. The van der Waals surface area contributed by atoms with Crippen molar-refractivity contribution in [3.8, 4) is 0 Å².